The smallest absolute Gasteiger partial charge is 0.253 e. The summed E-state index contributed by atoms with van der Waals surface area (Å²) >= 11 is 0. The largest absolute Gasteiger partial charge is 0.502 e. The number of likely N-dealkylation sites (tertiary alicyclic amines) is 1. The Morgan fingerprint density at radius 1 is 1.00 bits per heavy atom. The maximum absolute atomic E-state index is 13.4. The standard InChI is InChI=1S/C20H19FN2O/c21-16-8-5-15(6-9-16)19(23-12-1-2-13-23)17-10-7-14-4-3-11-22-18(14)20(17)24/h3-11,19,24H,1-2,12-13H2/p+2. The van der Waals surface area contributed by atoms with Crippen molar-refractivity contribution in [2.45, 2.75) is 18.9 Å². The van der Waals surface area contributed by atoms with Crippen molar-refractivity contribution in [2.24, 2.45) is 0 Å². The number of phenols is 1. The maximum atomic E-state index is 13.4. The summed E-state index contributed by atoms with van der Waals surface area (Å²) in [5.41, 5.74) is 2.69. The number of hydrogen-bond donors (Lipinski definition) is 2. The number of nitrogens with one attached hydrogen (secondary N) is 2. The summed E-state index contributed by atoms with van der Waals surface area (Å²) in [5.74, 6) is 0.0619. The molecule has 1 aliphatic rings. The summed E-state index contributed by atoms with van der Waals surface area (Å²) in [7, 11) is 0. The minimum atomic E-state index is -0.231. The number of H-pyrrole nitrogens is 1. The fourth-order valence-electron chi connectivity index (χ4n) is 3.84. The normalized spacial score (nSPS) is 16.5. The van der Waals surface area contributed by atoms with Gasteiger partial charge in [0.1, 0.15) is 11.9 Å². The van der Waals surface area contributed by atoms with E-state index in [-0.39, 0.29) is 11.9 Å². The Bertz CT molecular complexity index is 857. The number of phenolic OH excluding ortho intramolecular Hbond substituents is 1. The van der Waals surface area contributed by atoms with Crippen LogP contribution in [0, 0.1) is 5.82 Å². The molecule has 3 nitrogen and oxygen atoms in total. The van der Waals surface area contributed by atoms with Gasteiger partial charge in [-0.25, -0.2) is 9.37 Å². The SMILES string of the molecule is Oc1c(C(c2ccc(F)cc2)[NH+]2CCCC2)ccc2ccc[nH+]c12. The molecule has 0 bridgehead atoms. The van der Waals surface area contributed by atoms with Crippen molar-refractivity contribution in [1.29, 1.82) is 0 Å². The lowest BCUT2D eigenvalue weighted by Gasteiger charge is -2.25. The first kappa shape index (κ1) is 15.1. The lowest BCUT2D eigenvalue weighted by Crippen LogP contribution is -3.10. The minimum Gasteiger partial charge on any atom is -0.502 e. The van der Waals surface area contributed by atoms with E-state index in [0.29, 0.717) is 5.75 Å². The Morgan fingerprint density at radius 2 is 1.75 bits per heavy atom. The monoisotopic (exact) mass is 324 g/mol. The average molecular weight is 324 g/mol. The van der Waals surface area contributed by atoms with Crippen molar-refractivity contribution in [3.63, 3.8) is 0 Å². The van der Waals surface area contributed by atoms with Crippen LogP contribution < -0.4 is 9.88 Å². The predicted molar refractivity (Wildman–Crippen MR) is 90.3 cm³/mol. The molecular formula is C20H21FN2O+2. The number of aromatic amines is 1. The second kappa shape index (κ2) is 6.21. The van der Waals surface area contributed by atoms with Crippen LogP contribution in [0.1, 0.15) is 30.0 Å². The van der Waals surface area contributed by atoms with Crippen LogP contribution in [0.25, 0.3) is 10.9 Å². The molecule has 0 radical (unpaired) electrons. The molecule has 0 saturated carbocycles. The molecule has 24 heavy (non-hydrogen) atoms. The van der Waals surface area contributed by atoms with Crippen molar-refractivity contribution in [3.05, 3.63) is 71.7 Å². The third-order valence-electron chi connectivity index (χ3n) is 5.01. The highest BCUT2D eigenvalue weighted by Crippen LogP contribution is 2.32. The zero-order valence-electron chi connectivity index (χ0n) is 13.4. The van der Waals surface area contributed by atoms with Crippen molar-refractivity contribution in [2.75, 3.05) is 13.1 Å². The third-order valence-corrected chi connectivity index (χ3v) is 5.01. The van der Waals surface area contributed by atoms with Crippen LogP contribution in [-0.2, 0) is 0 Å². The van der Waals surface area contributed by atoms with Gasteiger partial charge in [-0.2, -0.15) is 0 Å². The van der Waals surface area contributed by atoms with E-state index >= 15 is 0 Å². The Labute approximate surface area is 140 Å². The molecule has 1 atom stereocenters. The number of hydrogen-bond acceptors (Lipinski definition) is 1. The molecule has 1 aromatic heterocycles. The van der Waals surface area contributed by atoms with Gasteiger partial charge in [-0.05, 0) is 42.5 Å². The number of aromatic hydroxyl groups is 1. The first-order chi connectivity index (χ1) is 11.7. The zero-order chi connectivity index (χ0) is 16.5. The van der Waals surface area contributed by atoms with Crippen LogP contribution in [0.2, 0.25) is 0 Å². The van der Waals surface area contributed by atoms with Crippen LogP contribution in [-0.4, -0.2) is 18.2 Å². The molecule has 1 unspecified atom stereocenters. The van der Waals surface area contributed by atoms with Crippen molar-refractivity contribution in [1.82, 2.24) is 0 Å². The van der Waals surface area contributed by atoms with E-state index in [0.717, 1.165) is 35.1 Å². The van der Waals surface area contributed by atoms with E-state index in [2.05, 4.69) is 4.98 Å². The molecule has 0 amide bonds. The molecule has 3 N–H and O–H groups in total. The first-order valence-corrected chi connectivity index (χ1v) is 8.46. The Hall–Kier alpha value is -2.46. The number of fused-ring (bicyclic) bond motifs is 1. The summed E-state index contributed by atoms with van der Waals surface area (Å²) in [6.45, 7) is 2.13. The van der Waals surface area contributed by atoms with Crippen LogP contribution >= 0.6 is 0 Å². The lowest BCUT2D eigenvalue weighted by molar-refractivity contribution is -0.913. The Morgan fingerprint density at radius 3 is 2.50 bits per heavy atom. The molecule has 1 fully saturated rings. The van der Waals surface area contributed by atoms with E-state index in [1.165, 1.54) is 29.9 Å². The zero-order valence-corrected chi connectivity index (χ0v) is 13.4. The molecule has 4 heteroatoms. The Balaban J connectivity index is 1.86. The van der Waals surface area contributed by atoms with Gasteiger partial charge in [-0.3, -0.25) is 0 Å². The number of aromatic nitrogens is 1. The van der Waals surface area contributed by atoms with E-state index in [4.69, 9.17) is 0 Å². The molecular weight excluding hydrogens is 303 g/mol. The van der Waals surface area contributed by atoms with Gasteiger partial charge in [0.2, 0.25) is 0 Å². The second-order valence-electron chi connectivity index (χ2n) is 6.49. The second-order valence-corrected chi connectivity index (χ2v) is 6.49. The van der Waals surface area contributed by atoms with Crippen LogP contribution in [0.15, 0.2) is 54.7 Å². The maximum Gasteiger partial charge on any atom is 0.253 e. The lowest BCUT2D eigenvalue weighted by atomic mass is 9.95. The summed E-state index contributed by atoms with van der Waals surface area (Å²) < 4.78 is 13.4. The average Bonchev–Trinajstić information content (AvgIpc) is 3.13. The number of rotatable bonds is 3. The highest BCUT2D eigenvalue weighted by Gasteiger charge is 2.32. The summed E-state index contributed by atoms with van der Waals surface area (Å²) in [5, 5.41) is 11.9. The summed E-state index contributed by atoms with van der Waals surface area (Å²) in [6, 6.07) is 14.6. The molecule has 2 heterocycles. The molecule has 122 valence electrons. The quantitative estimate of drug-likeness (QED) is 0.762. The summed E-state index contributed by atoms with van der Waals surface area (Å²) in [4.78, 5) is 4.57. The van der Waals surface area contributed by atoms with Gasteiger partial charge in [0, 0.05) is 24.5 Å². The highest BCUT2D eigenvalue weighted by molar-refractivity contribution is 5.82. The van der Waals surface area contributed by atoms with Gasteiger partial charge < -0.3 is 10.0 Å². The molecule has 4 rings (SSSR count). The van der Waals surface area contributed by atoms with Crippen LogP contribution in [0.5, 0.6) is 5.75 Å². The van der Waals surface area contributed by atoms with Gasteiger partial charge in [0.15, 0.2) is 11.9 Å². The van der Waals surface area contributed by atoms with Gasteiger partial charge in [0.25, 0.3) is 5.52 Å². The van der Waals surface area contributed by atoms with Crippen molar-refractivity contribution < 1.29 is 19.4 Å². The molecule has 2 aromatic carbocycles. The summed E-state index contributed by atoms with van der Waals surface area (Å²) in [6.07, 6.45) is 4.20. The Kier molecular flexibility index (Phi) is 3.90. The molecule has 1 aliphatic heterocycles. The molecule has 1 saturated heterocycles. The predicted octanol–water partition coefficient (Wildman–Crippen LogP) is 2.27. The van der Waals surface area contributed by atoms with Gasteiger partial charge >= 0.3 is 0 Å². The van der Waals surface area contributed by atoms with Gasteiger partial charge in [0.05, 0.1) is 24.0 Å². The van der Waals surface area contributed by atoms with Crippen LogP contribution in [0.3, 0.4) is 0 Å². The highest BCUT2D eigenvalue weighted by atomic mass is 19.1. The van der Waals surface area contributed by atoms with E-state index < -0.39 is 0 Å². The fraction of sp³-hybridized carbons (Fsp3) is 0.250. The molecule has 0 spiro atoms. The number of halogens is 1. The van der Waals surface area contributed by atoms with E-state index in [1.807, 2.05) is 42.6 Å². The number of benzene rings is 2. The fourth-order valence-corrected chi connectivity index (χ4v) is 3.84. The van der Waals surface area contributed by atoms with Gasteiger partial charge in [-0.15, -0.1) is 0 Å². The van der Waals surface area contributed by atoms with Gasteiger partial charge in [-0.1, -0.05) is 0 Å². The van der Waals surface area contributed by atoms with Crippen molar-refractivity contribution >= 4 is 10.9 Å². The number of pyridine rings is 1. The number of quaternary nitrogens is 1. The third kappa shape index (κ3) is 2.63. The minimum absolute atomic E-state index is 0.0195. The van der Waals surface area contributed by atoms with E-state index in [1.54, 1.807) is 0 Å². The van der Waals surface area contributed by atoms with Crippen molar-refractivity contribution in [3.8, 4) is 5.75 Å². The molecule has 0 aliphatic carbocycles. The van der Waals surface area contributed by atoms with E-state index in [9.17, 15) is 9.50 Å². The first-order valence-electron chi connectivity index (χ1n) is 8.46. The topological polar surface area (TPSA) is 38.8 Å². The van der Waals surface area contributed by atoms with Crippen LogP contribution in [0.4, 0.5) is 4.39 Å². The molecule has 3 aromatic rings.